The molecule has 0 radical (unpaired) electrons. The highest BCUT2D eigenvalue weighted by Gasteiger charge is 2.19. The normalized spacial score (nSPS) is 13.5. The highest BCUT2D eigenvalue weighted by molar-refractivity contribution is 7.92. The lowest BCUT2D eigenvalue weighted by atomic mass is 9.96. The van der Waals surface area contributed by atoms with Gasteiger partial charge in [0, 0.05) is 7.05 Å². The van der Waals surface area contributed by atoms with Gasteiger partial charge in [-0.05, 0) is 81.1 Å². The minimum absolute atomic E-state index is 0.140. The number of sulfonamides is 1. The van der Waals surface area contributed by atoms with Crippen molar-refractivity contribution in [3.8, 4) is 5.75 Å². The molecular formula is C22H30N2O4S. The van der Waals surface area contributed by atoms with Gasteiger partial charge in [-0.25, -0.2) is 8.42 Å². The number of aryl methyl sites for hydroxylation is 3. The molecule has 2 aromatic rings. The average molecular weight is 419 g/mol. The summed E-state index contributed by atoms with van der Waals surface area (Å²) in [5, 5.41) is 3.00. The van der Waals surface area contributed by atoms with Crippen LogP contribution in [0, 0.1) is 20.8 Å². The Morgan fingerprint density at radius 3 is 2.10 bits per heavy atom. The fraction of sp³-hybridized carbons (Fsp3) is 0.409. The first kappa shape index (κ1) is 22.7. The number of amides is 1. The summed E-state index contributed by atoms with van der Waals surface area (Å²) < 4.78 is 30.1. The first-order chi connectivity index (χ1) is 13.4. The summed E-state index contributed by atoms with van der Waals surface area (Å²) in [6.45, 7) is 9.82. The molecule has 0 bridgehead atoms. The van der Waals surface area contributed by atoms with E-state index in [-0.39, 0.29) is 11.9 Å². The Bertz CT molecular complexity index is 985. The number of carbonyl (C=O) groups excluding carboxylic acids is 1. The van der Waals surface area contributed by atoms with Crippen LogP contribution in [0.1, 0.15) is 42.1 Å². The topological polar surface area (TPSA) is 75.7 Å². The molecule has 29 heavy (non-hydrogen) atoms. The highest BCUT2D eigenvalue weighted by atomic mass is 32.2. The van der Waals surface area contributed by atoms with Gasteiger partial charge in [-0.2, -0.15) is 0 Å². The van der Waals surface area contributed by atoms with E-state index in [1.54, 1.807) is 31.2 Å². The zero-order valence-electron chi connectivity index (χ0n) is 18.1. The summed E-state index contributed by atoms with van der Waals surface area (Å²) >= 11 is 0. The second-order valence-corrected chi connectivity index (χ2v) is 9.52. The number of nitrogens with zero attached hydrogens (tertiary/aromatic N) is 1. The molecule has 0 aliphatic heterocycles. The number of benzene rings is 2. The molecule has 0 unspecified atom stereocenters. The zero-order chi connectivity index (χ0) is 21.9. The summed E-state index contributed by atoms with van der Waals surface area (Å²) in [5.41, 5.74) is 5.17. The molecule has 0 saturated heterocycles. The summed E-state index contributed by atoms with van der Waals surface area (Å²) in [7, 11) is -1.84. The van der Waals surface area contributed by atoms with Crippen LogP contribution in [0.3, 0.4) is 0 Å². The molecule has 0 heterocycles. The van der Waals surface area contributed by atoms with Gasteiger partial charge in [0.2, 0.25) is 10.0 Å². The van der Waals surface area contributed by atoms with Crippen molar-refractivity contribution in [1.82, 2.24) is 5.32 Å². The number of rotatable bonds is 7. The Morgan fingerprint density at radius 1 is 1.00 bits per heavy atom. The molecule has 158 valence electrons. The summed E-state index contributed by atoms with van der Waals surface area (Å²) in [5.74, 6) is 0.278. The molecule has 2 atom stereocenters. The van der Waals surface area contributed by atoms with E-state index >= 15 is 0 Å². The quantitative estimate of drug-likeness (QED) is 0.745. The van der Waals surface area contributed by atoms with Crippen LogP contribution < -0.4 is 14.4 Å². The van der Waals surface area contributed by atoms with Crippen LogP contribution in [0.2, 0.25) is 0 Å². The van der Waals surface area contributed by atoms with Crippen LogP contribution in [0.25, 0.3) is 0 Å². The van der Waals surface area contributed by atoms with Crippen LogP contribution in [-0.4, -0.2) is 33.7 Å². The van der Waals surface area contributed by atoms with Crippen molar-refractivity contribution in [2.24, 2.45) is 0 Å². The number of hydrogen-bond acceptors (Lipinski definition) is 4. The van der Waals surface area contributed by atoms with Crippen molar-refractivity contribution in [3.63, 3.8) is 0 Å². The van der Waals surface area contributed by atoms with E-state index in [1.165, 1.54) is 22.5 Å². The molecule has 0 fully saturated rings. The van der Waals surface area contributed by atoms with Crippen molar-refractivity contribution in [2.75, 3.05) is 17.6 Å². The minimum Gasteiger partial charge on any atom is -0.481 e. The SMILES string of the molecule is Cc1cc(C)c([C@H](C)NC(=O)[C@H](C)Oc2ccc(N(C)S(C)(=O)=O)cc2)cc1C. The van der Waals surface area contributed by atoms with Crippen LogP contribution in [0.4, 0.5) is 5.69 Å². The highest BCUT2D eigenvalue weighted by Crippen LogP contribution is 2.23. The Kier molecular flexibility index (Phi) is 6.95. The second-order valence-electron chi connectivity index (χ2n) is 7.51. The third kappa shape index (κ3) is 5.73. The van der Waals surface area contributed by atoms with Gasteiger partial charge in [-0.1, -0.05) is 12.1 Å². The van der Waals surface area contributed by atoms with Gasteiger partial charge in [-0.3, -0.25) is 9.10 Å². The summed E-state index contributed by atoms with van der Waals surface area (Å²) in [4.78, 5) is 12.6. The minimum atomic E-state index is -3.33. The van der Waals surface area contributed by atoms with Gasteiger partial charge in [0.15, 0.2) is 6.10 Å². The van der Waals surface area contributed by atoms with E-state index in [2.05, 4.69) is 31.3 Å². The van der Waals surface area contributed by atoms with E-state index in [4.69, 9.17) is 4.74 Å². The largest absolute Gasteiger partial charge is 0.481 e. The molecule has 0 aliphatic carbocycles. The lowest BCUT2D eigenvalue weighted by Gasteiger charge is -2.21. The number of carbonyl (C=O) groups is 1. The van der Waals surface area contributed by atoms with E-state index in [1.807, 2.05) is 13.8 Å². The fourth-order valence-corrected chi connectivity index (χ4v) is 3.55. The van der Waals surface area contributed by atoms with Gasteiger partial charge in [-0.15, -0.1) is 0 Å². The standard InChI is InChI=1S/C22H30N2O4S/c1-14-12-16(3)21(13-15(14)2)17(4)23-22(25)18(5)28-20-10-8-19(9-11-20)24(6)29(7,26)27/h8-13,17-18H,1-7H3,(H,23,25)/t17-,18-/m0/s1. The van der Waals surface area contributed by atoms with Crippen molar-refractivity contribution in [2.45, 2.75) is 46.8 Å². The second kappa shape index (κ2) is 8.86. The monoisotopic (exact) mass is 418 g/mol. The molecule has 7 heteroatoms. The molecule has 2 rings (SSSR count). The first-order valence-electron chi connectivity index (χ1n) is 9.49. The predicted molar refractivity (Wildman–Crippen MR) is 117 cm³/mol. The van der Waals surface area contributed by atoms with Crippen LogP contribution in [0.5, 0.6) is 5.75 Å². The molecule has 0 aromatic heterocycles. The fourth-order valence-electron chi connectivity index (χ4n) is 3.04. The van der Waals surface area contributed by atoms with Crippen LogP contribution in [0.15, 0.2) is 36.4 Å². The van der Waals surface area contributed by atoms with E-state index in [0.717, 1.165) is 17.4 Å². The maximum Gasteiger partial charge on any atom is 0.261 e. The van der Waals surface area contributed by atoms with E-state index in [0.29, 0.717) is 11.4 Å². The van der Waals surface area contributed by atoms with Crippen molar-refractivity contribution < 1.29 is 17.9 Å². The Balaban J connectivity index is 2.03. The zero-order valence-corrected chi connectivity index (χ0v) is 18.9. The summed E-state index contributed by atoms with van der Waals surface area (Å²) in [6, 6.07) is 10.7. The number of anilines is 1. The Morgan fingerprint density at radius 2 is 1.55 bits per heavy atom. The molecule has 2 aromatic carbocycles. The third-order valence-corrected chi connectivity index (χ3v) is 6.29. The lowest BCUT2D eigenvalue weighted by molar-refractivity contribution is -0.127. The molecule has 1 amide bonds. The van der Waals surface area contributed by atoms with E-state index < -0.39 is 16.1 Å². The molecule has 6 nitrogen and oxygen atoms in total. The van der Waals surface area contributed by atoms with Gasteiger partial charge in [0.1, 0.15) is 5.75 Å². The lowest BCUT2D eigenvalue weighted by Crippen LogP contribution is -2.38. The van der Waals surface area contributed by atoms with Crippen LogP contribution in [-0.2, 0) is 14.8 Å². The van der Waals surface area contributed by atoms with E-state index in [9.17, 15) is 13.2 Å². The first-order valence-corrected chi connectivity index (χ1v) is 11.3. The maximum absolute atomic E-state index is 12.6. The Hall–Kier alpha value is -2.54. The van der Waals surface area contributed by atoms with Crippen molar-refractivity contribution in [1.29, 1.82) is 0 Å². The molecule has 0 saturated carbocycles. The van der Waals surface area contributed by atoms with Gasteiger partial charge >= 0.3 is 0 Å². The average Bonchev–Trinajstić information content (AvgIpc) is 2.63. The van der Waals surface area contributed by atoms with Crippen molar-refractivity contribution in [3.05, 3.63) is 58.7 Å². The number of ether oxygens (including phenoxy) is 1. The maximum atomic E-state index is 12.6. The molecule has 0 aliphatic rings. The van der Waals surface area contributed by atoms with Gasteiger partial charge in [0.25, 0.3) is 5.91 Å². The van der Waals surface area contributed by atoms with Gasteiger partial charge < -0.3 is 10.1 Å². The Labute approximate surface area is 173 Å². The summed E-state index contributed by atoms with van der Waals surface area (Å²) in [6.07, 6.45) is 0.449. The number of nitrogens with one attached hydrogen (secondary N) is 1. The smallest absolute Gasteiger partial charge is 0.261 e. The van der Waals surface area contributed by atoms with Gasteiger partial charge in [0.05, 0.1) is 18.0 Å². The molecule has 0 spiro atoms. The third-order valence-electron chi connectivity index (χ3n) is 5.09. The molecule has 1 N–H and O–H groups in total. The number of hydrogen-bond donors (Lipinski definition) is 1. The van der Waals surface area contributed by atoms with Crippen LogP contribution >= 0.6 is 0 Å². The van der Waals surface area contributed by atoms with Crippen molar-refractivity contribution >= 4 is 21.6 Å². The molecular weight excluding hydrogens is 388 g/mol. The predicted octanol–water partition coefficient (Wildman–Crippen LogP) is 3.65.